The first kappa shape index (κ1) is 16.7. The Labute approximate surface area is 158 Å². The summed E-state index contributed by atoms with van der Waals surface area (Å²) < 4.78 is 1.71. The van der Waals surface area contributed by atoms with Crippen molar-refractivity contribution >= 4 is 18.4 Å². The molecule has 9 heteroatoms. The van der Waals surface area contributed by atoms with Crippen LogP contribution in [-0.4, -0.2) is 41.5 Å². The lowest BCUT2D eigenvalue weighted by Gasteiger charge is -2.00. The molecule has 0 amide bonds. The lowest BCUT2D eigenvalue weighted by atomic mass is 10.1. The number of hydrogen-bond acceptors (Lipinski definition) is 6. The van der Waals surface area contributed by atoms with Gasteiger partial charge < -0.3 is 10.2 Å². The Morgan fingerprint density at radius 1 is 1.00 bits per heavy atom. The van der Waals surface area contributed by atoms with Gasteiger partial charge in [-0.1, -0.05) is 30.3 Å². The van der Waals surface area contributed by atoms with Crippen LogP contribution in [0.2, 0.25) is 0 Å². The van der Waals surface area contributed by atoms with Crippen molar-refractivity contribution in [3.05, 3.63) is 64.9 Å². The van der Waals surface area contributed by atoms with Crippen LogP contribution in [0.5, 0.6) is 11.5 Å². The predicted octanol–water partition coefficient (Wildman–Crippen LogP) is 3.29. The minimum absolute atomic E-state index is 0.0313. The fourth-order valence-corrected chi connectivity index (χ4v) is 2.71. The summed E-state index contributed by atoms with van der Waals surface area (Å²) in [6.45, 7) is 0. The summed E-state index contributed by atoms with van der Waals surface area (Å²) in [5.74, 6) is 0.323. The average molecular weight is 378 g/mol. The molecule has 0 spiro atoms. The van der Waals surface area contributed by atoms with Crippen LogP contribution >= 0.6 is 12.2 Å². The first-order chi connectivity index (χ1) is 13.1. The first-order valence-corrected chi connectivity index (χ1v) is 8.37. The van der Waals surface area contributed by atoms with Crippen LogP contribution in [-0.2, 0) is 0 Å². The van der Waals surface area contributed by atoms with E-state index in [0.717, 1.165) is 11.3 Å². The van der Waals surface area contributed by atoms with E-state index in [1.165, 1.54) is 23.0 Å². The summed E-state index contributed by atoms with van der Waals surface area (Å²) in [6.07, 6.45) is 1.43. The summed E-state index contributed by atoms with van der Waals surface area (Å²) in [5.41, 5.74) is 2.80. The molecule has 0 aliphatic rings. The van der Waals surface area contributed by atoms with Gasteiger partial charge in [-0.3, -0.25) is 5.10 Å². The molecule has 27 heavy (non-hydrogen) atoms. The number of aromatic nitrogens is 5. The van der Waals surface area contributed by atoms with Crippen molar-refractivity contribution in [2.45, 2.75) is 0 Å². The molecule has 0 unspecified atom stereocenters. The molecule has 0 aliphatic heterocycles. The lowest BCUT2D eigenvalue weighted by Crippen LogP contribution is -1.95. The molecule has 4 N–H and O–H groups in total. The molecule has 0 saturated heterocycles. The highest BCUT2D eigenvalue weighted by Crippen LogP contribution is 2.23. The van der Waals surface area contributed by atoms with Gasteiger partial charge in [0.1, 0.15) is 17.2 Å². The molecule has 0 atom stereocenters. The molecule has 0 fully saturated rings. The van der Waals surface area contributed by atoms with E-state index in [1.54, 1.807) is 6.07 Å². The normalized spacial score (nSPS) is 11.3. The zero-order chi connectivity index (χ0) is 18.8. The van der Waals surface area contributed by atoms with E-state index in [9.17, 15) is 10.2 Å². The Bertz CT molecular complexity index is 1180. The van der Waals surface area contributed by atoms with Crippen molar-refractivity contribution in [2.75, 3.05) is 0 Å². The van der Waals surface area contributed by atoms with E-state index < -0.39 is 0 Å². The van der Waals surface area contributed by atoms with Crippen molar-refractivity contribution in [1.82, 2.24) is 25.1 Å². The fourth-order valence-electron chi connectivity index (χ4n) is 2.53. The maximum absolute atomic E-state index is 9.88. The van der Waals surface area contributed by atoms with Crippen LogP contribution < -0.4 is 0 Å². The minimum Gasteiger partial charge on any atom is -0.508 e. The molecule has 0 radical (unpaired) electrons. The Balaban J connectivity index is 1.69. The largest absolute Gasteiger partial charge is 0.508 e. The Morgan fingerprint density at radius 3 is 2.59 bits per heavy atom. The van der Waals surface area contributed by atoms with Crippen molar-refractivity contribution < 1.29 is 10.2 Å². The summed E-state index contributed by atoms with van der Waals surface area (Å²) in [4.78, 5) is 0. The second kappa shape index (κ2) is 6.89. The number of hydrogen-bond donors (Lipinski definition) is 4. The van der Waals surface area contributed by atoms with Gasteiger partial charge in [-0.2, -0.15) is 20.0 Å². The van der Waals surface area contributed by atoms with E-state index in [1.807, 2.05) is 36.4 Å². The third-order valence-corrected chi connectivity index (χ3v) is 4.13. The van der Waals surface area contributed by atoms with E-state index in [-0.39, 0.29) is 16.3 Å². The van der Waals surface area contributed by atoms with Crippen LogP contribution in [0.4, 0.5) is 0 Å². The molecule has 0 bridgehead atoms. The second-order valence-electron chi connectivity index (χ2n) is 5.68. The zero-order valence-electron chi connectivity index (χ0n) is 13.9. The molecular formula is C18H14N6O2S. The molecule has 4 aromatic rings. The number of aromatic amines is 2. The molecular weight excluding hydrogens is 364 g/mol. The molecule has 8 nitrogen and oxygen atoms in total. The summed E-state index contributed by atoms with van der Waals surface area (Å²) in [6, 6.07) is 15.8. The fraction of sp³-hybridized carbons (Fsp3) is 0. The Hall–Kier alpha value is -3.72. The maximum Gasteiger partial charge on any atom is 0.216 e. The molecule has 0 aliphatic carbocycles. The highest BCUT2D eigenvalue weighted by atomic mass is 32.1. The van der Waals surface area contributed by atoms with Gasteiger partial charge in [-0.05, 0) is 30.4 Å². The number of aromatic hydroxyl groups is 2. The van der Waals surface area contributed by atoms with Crippen molar-refractivity contribution in [2.24, 2.45) is 5.10 Å². The van der Waals surface area contributed by atoms with E-state index in [2.05, 4.69) is 25.5 Å². The number of phenols is 2. The van der Waals surface area contributed by atoms with Gasteiger partial charge in [-0.15, -0.1) is 0 Å². The quantitative estimate of drug-likeness (QED) is 0.321. The molecule has 2 aromatic heterocycles. The minimum atomic E-state index is -0.0942. The van der Waals surface area contributed by atoms with Gasteiger partial charge in [0.25, 0.3) is 0 Å². The molecule has 4 rings (SSSR count). The highest BCUT2D eigenvalue weighted by molar-refractivity contribution is 7.71. The summed E-state index contributed by atoms with van der Waals surface area (Å²) >= 11 is 5.24. The van der Waals surface area contributed by atoms with Gasteiger partial charge in [-0.25, -0.2) is 5.10 Å². The first-order valence-electron chi connectivity index (χ1n) is 7.97. The third kappa shape index (κ3) is 3.35. The smallest absolute Gasteiger partial charge is 0.216 e. The van der Waals surface area contributed by atoms with E-state index >= 15 is 0 Å². The van der Waals surface area contributed by atoms with Gasteiger partial charge in [0.15, 0.2) is 0 Å². The second-order valence-corrected chi connectivity index (χ2v) is 6.07. The Morgan fingerprint density at radius 2 is 1.81 bits per heavy atom. The lowest BCUT2D eigenvalue weighted by molar-refractivity contribution is 0.450. The standard InChI is InChI=1S/C18H14N6O2S/c25-13-7-6-12(16(26)8-13)10-19-24-17(22-23-18(24)27)15-9-14(20-21-15)11-4-2-1-3-5-11/h1-10,25-26H,(H,20,21)(H,23,27). The topological polar surface area (TPSA) is 115 Å². The van der Waals surface area contributed by atoms with E-state index in [4.69, 9.17) is 12.2 Å². The SMILES string of the molecule is Oc1ccc(C=Nn2c(-c3cc(-c4ccccc4)n[nH]3)n[nH]c2=S)c(O)c1. The molecule has 134 valence electrons. The zero-order valence-corrected chi connectivity index (χ0v) is 14.7. The number of phenolic OH excluding ortho intramolecular Hbond substituents is 2. The maximum atomic E-state index is 9.88. The average Bonchev–Trinajstić information content (AvgIpc) is 3.29. The van der Waals surface area contributed by atoms with Crippen LogP contribution in [0.25, 0.3) is 22.8 Å². The predicted molar refractivity (Wildman–Crippen MR) is 103 cm³/mol. The number of H-pyrrole nitrogens is 2. The van der Waals surface area contributed by atoms with Gasteiger partial charge in [0, 0.05) is 17.2 Å². The summed E-state index contributed by atoms with van der Waals surface area (Å²) in [7, 11) is 0. The number of benzene rings is 2. The van der Waals surface area contributed by atoms with Crippen LogP contribution in [0.15, 0.2) is 59.7 Å². The number of rotatable bonds is 4. The monoisotopic (exact) mass is 378 g/mol. The van der Waals surface area contributed by atoms with Gasteiger partial charge in [0.2, 0.25) is 10.6 Å². The molecule has 2 aromatic carbocycles. The Kier molecular flexibility index (Phi) is 4.27. The van der Waals surface area contributed by atoms with Crippen molar-refractivity contribution in [1.29, 1.82) is 0 Å². The highest BCUT2D eigenvalue weighted by Gasteiger charge is 2.12. The van der Waals surface area contributed by atoms with Gasteiger partial charge in [0.05, 0.1) is 11.9 Å². The number of nitrogens with zero attached hydrogens (tertiary/aromatic N) is 4. The molecule has 2 heterocycles. The number of nitrogens with one attached hydrogen (secondary N) is 2. The van der Waals surface area contributed by atoms with Crippen molar-refractivity contribution in [3.63, 3.8) is 0 Å². The third-order valence-electron chi connectivity index (χ3n) is 3.87. The summed E-state index contributed by atoms with van der Waals surface area (Å²) in [5, 5.41) is 37.7. The van der Waals surface area contributed by atoms with Crippen LogP contribution in [0.3, 0.4) is 0 Å². The van der Waals surface area contributed by atoms with Crippen molar-refractivity contribution in [3.8, 4) is 34.3 Å². The van der Waals surface area contributed by atoms with E-state index in [0.29, 0.717) is 17.1 Å². The van der Waals surface area contributed by atoms with Crippen LogP contribution in [0, 0.1) is 4.77 Å². The van der Waals surface area contributed by atoms with Gasteiger partial charge >= 0.3 is 0 Å². The molecule has 0 saturated carbocycles. The van der Waals surface area contributed by atoms with Crippen LogP contribution in [0.1, 0.15) is 5.56 Å².